The molecule has 2 aromatic rings. The van der Waals surface area contributed by atoms with Crippen LogP contribution in [0.3, 0.4) is 0 Å². The molecular weight excluding hydrogens is 282 g/mol. The second-order valence-corrected chi connectivity index (χ2v) is 5.87. The molecule has 0 aliphatic carbocycles. The van der Waals surface area contributed by atoms with Crippen LogP contribution in [0, 0.1) is 0 Å². The number of thiazole rings is 1. The third kappa shape index (κ3) is 4.95. The summed E-state index contributed by atoms with van der Waals surface area (Å²) < 4.78 is 0. The first-order chi connectivity index (χ1) is 10.2. The van der Waals surface area contributed by atoms with Crippen molar-refractivity contribution >= 4 is 17.2 Å². The van der Waals surface area contributed by atoms with Gasteiger partial charge in [-0.15, -0.1) is 11.3 Å². The van der Waals surface area contributed by atoms with Crippen LogP contribution < -0.4 is 11.1 Å². The van der Waals surface area contributed by atoms with Gasteiger partial charge in [-0.25, -0.2) is 4.98 Å². The molecule has 0 spiro atoms. The predicted molar refractivity (Wildman–Crippen MR) is 86.3 cm³/mol. The second-order valence-electron chi connectivity index (χ2n) is 4.92. The molecule has 1 atom stereocenters. The smallest absolute Gasteiger partial charge is 0.237 e. The van der Waals surface area contributed by atoms with E-state index in [9.17, 15) is 4.79 Å². The normalized spacial score (nSPS) is 12.1. The van der Waals surface area contributed by atoms with Gasteiger partial charge < -0.3 is 11.1 Å². The Morgan fingerprint density at radius 3 is 2.81 bits per heavy atom. The highest BCUT2D eigenvalue weighted by molar-refractivity contribution is 7.09. The molecule has 0 bridgehead atoms. The highest BCUT2D eigenvalue weighted by atomic mass is 32.1. The lowest BCUT2D eigenvalue weighted by atomic mass is 10.1. The van der Waals surface area contributed by atoms with Crippen molar-refractivity contribution in [2.45, 2.75) is 32.2 Å². The van der Waals surface area contributed by atoms with E-state index in [0.29, 0.717) is 13.0 Å². The van der Waals surface area contributed by atoms with Gasteiger partial charge in [0, 0.05) is 18.3 Å². The summed E-state index contributed by atoms with van der Waals surface area (Å²) in [4.78, 5) is 16.4. The Morgan fingerprint density at radius 2 is 2.14 bits per heavy atom. The minimum atomic E-state index is -0.506. The lowest BCUT2D eigenvalue weighted by Crippen LogP contribution is -2.42. The van der Waals surface area contributed by atoms with Crippen LogP contribution in [0.5, 0.6) is 0 Å². The Bertz CT molecular complexity index is 568. The number of rotatable bonds is 7. The van der Waals surface area contributed by atoms with E-state index in [0.717, 1.165) is 29.1 Å². The lowest BCUT2D eigenvalue weighted by molar-refractivity contribution is -0.122. The number of aryl methyl sites for hydroxylation is 1. The summed E-state index contributed by atoms with van der Waals surface area (Å²) in [6.45, 7) is 2.67. The molecule has 112 valence electrons. The predicted octanol–water partition coefficient (Wildman–Crippen LogP) is 1.93. The first kappa shape index (κ1) is 15.7. The Balaban J connectivity index is 1.73. The van der Waals surface area contributed by atoms with Crippen LogP contribution >= 0.6 is 11.3 Å². The maximum absolute atomic E-state index is 11.9. The standard InChI is InChI=1S/C16H21N3OS/c1-2-15-19-13(11-21-15)8-9-18-16(20)14(17)10-12-6-4-3-5-7-12/h3-7,11,14H,2,8-10,17H2,1H3,(H,18,20). The summed E-state index contributed by atoms with van der Waals surface area (Å²) >= 11 is 1.67. The van der Waals surface area contributed by atoms with Crippen LogP contribution in [0.15, 0.2) is 35.7 Å². The number of aromatic nitrogens is 1. The molecule has 21 heavy (non-hydrogen) atoms. The summed E-state index contributed by atoms with van der Waals surface area (Å²) in [6.07, 6.45) is 2.27. The van der Waals surface area contributed by atoms with Gasteiger partial charge in [0.1, 0.15) is 0 Å². The summed E-state index contributed by atoms with van der Waals surface area (Å²) in [5, 5.41) is 6.07. The van der Waals surface area contributed by atoms with Crippen LogP contribution in [0.25, 0.3) is 0 Å². The van der Waals surface area contributed by atoms with Gasteiger partial charge >= 0.3 is 0 Å². The van der Waals surface area contributed by atoms with Crippen molar-refractivity contribution in [1.82, 2.24) is 10.3 Å². The topological polar surface area (TPSA) is 68.0 Å². The highest BCUT2D eigenvalue weighted by Gasteiger charge is 2.13. The fourth-order valence-corrected chi connectivity index (χ4v) is 2.81. The first-order valence-electron chi connectivity index (χ1n) is 7.19. The summed E-state index contributed by atoms with van der Waals surface area (Å²) in [5.41, 5.74) is 8.04. The van der Waals surface area contributed by atoms with Crippen LogP contribution in [0.1, 0.15) is 23.2 Å². The van der Waals surface area contributed by atoms with Crippen molar-refractivity contribution in [3.63, 3.8) is 0 Å². The van der Waals surface area contributed by atoms with Gasteiger partial charge in [0.25, 0.3) is 0 Å². The Hall–Kier alpha value is -1.72. The van der Waals surface area contributed by atoms with E-state index >= 15 is 0 Å². The maximum atomic E-state index is 11.9. The van der Waals surface area contributed by atoms with Gasteiger partial charge in [0.15, 0.2) is 0 Å². The number of nitrogens with two attached hydrogens (primary N) is 1. The number of nitrogens with zero attached hydrogens (tertiary/aromatic N) is 1. The van der Waals surface area contributed by atoms with Crippen molar-refractivity contribution < 1.29 is 4.79 Å². The number of carbonyl (C=O) groups is 1. The third-order valence-electron chi connectivity index (χ3n) is 3.22. The molecule has 0 aliphatic rings. The molecule has 1 heterocycles. The molecule has 1 unspecified atom stereocenters. The van der Waals surface area contributed by atoms with Gasteiger partial charge in [-0.1, -0.05) is 37.3 Å². The van der Waals surface area contributed by atoms with Crippen LogP contribution in [0.2, 0.25) is 0 Å². The average molecular weight is 303 g/mol. The SMILES string of the molecule is CCc1nc(CCNC(=O)C(N)Cc2ccccc2)cs1. The van der Waals surface area contributed by atoms with Gasteiger partial charge in [0.2, 0.25) is 5.91 Å². The van der Waals surface area contributed by atoms with Crippen LogP contribution in [-0.2, 0) is 24.1 Å². The van der Waals surface area contributed by atoms with Gasteiger partial charge in [-0.05, 0) is 18.4 Å². The van der Waals surface area contributed by atoms with E-state index in [-0.39, 0.29) is 5.91 Å². The molecule has 0 aliphatic heterocycles. The summed E-state index contributed by atoms with van der Waals surface area (Å²) in [5.74, 6) is -0.107. The van der Waals surface area contributed by atoms with Crippen molar-refractivity contribution in [3.05, 3.63) is 52.0 Å². The molecule has 4 nitrogen and oxygen atoms in total. The molecule has 3 N–H and O–H groups in total. The van der Waals surface area contributed by atoms with E-state index in [1.807, 2.05) is 30.3 Å². The van der Waals surface area contributed by atoms with Crippen LogP contribution in [-0.4, -0.2) is 23.5 Å². The molecule has 1 amide bonds. The highest BCUT2D eigenvalue weighted by Crippen LogP contribution is 2.10. The summed E-state index contributed by atoms with van der Waals surface area (Å²) in [6, 6.07) is 9.31. The lowest BCUT2D eigenvalue weighted by Gasteiger charge is -2.12. The molecule has 0 saturated carbocycles. The molecular formula is C16H21N3OS. The zero-order chi connectivity index (χ0) is 15.1. The summed E-state index contributed by atoms with van der Waals surface area (Å²) in [7, 11) is 0. The zero-order valence-electron chi connectivity index (χ0n) is 12.2. The van der Waals surface area contributed by atoms with E-state index in [1.165, 1.54) is 0 Å². The van der Waals surface area contributed by atoms with Crippen molar-refractivity contribution in [3.8, 4) is 0 Å². The first-order valence-corrected chi connectivity index (χ1v) is 8.07. The van der Waals surface area contributed by atoms with Gasteiger partial charge in [-0.2, -0.15) is 0 Å². The molecule has 1 aromatic heterocycles. The zero-order valence-corrected chi connectivity index (χ0v) is 13.0. The molecule has 5 heteroatoms. The number of hydrogen-bond acceptors (Lipinski definition) is 4. The molecule has 1 aromatic carbocycles. The van der Waals surface area contributed by atoms with Crippen molar-refractivity contribution in [1.29, 1.82) is 0 Å². The van der Waals surface area contributed by atoms with E-state index < -0.39 is 6.04 Å². The number of carbonyl (C=O) groups excluding carboxylic acids is 1. The number of hydrogen-bond donors (Lipinski definition) is 2. The molecule has 0 saturated heterocycles. The number of nitrogens with one attached hydrogen (secondary N) is 1. The number of benzene rings is 1. The Labute approximate surface area is 129 Å². The van der Waals surface area contributed by atoms with E-state index in [1.54, 1.807) is 11.3 Å². The molecule has 2 rings (SSSR count). The van der Waals surface area contributed by atoms with Gasteiger partial charge in [0.05, 0.1) is 16.7 Å². The Morgan fingerprint density at radius 1 is 1.38 bits per heavy atom. The Kier molecular flexibility index (Phi) is 5.90. The fourth-order valence-electron chi connectivity index (χ4n) is 2.03. The van der Waals surface area contributed by atoms with E-state index in [4.69, 9.17) is 5.73 Å². The van der Waals surface area contributed by atoms with E-state index in [2.05, 4.69) is 22.6 Å². The average Bonchev–Trinajstić information content (AvgIpc) is 2.96. The molecule has 0 radical (unpaired) electrons. The second kappa shape index (κ2) is 7.90. The van der Waals surface area contributed by atoms with Crippen molar-refractivity contribution in [2.24, 2.45) is 5.73 Å². The van der Waals surface area contributed by atoms with Crippen LogP contribution in [0.4, 0.5) is 0 Å². The monoisotopic (exact) mass is 303 g/mol. The fraction of sp³-hybridized carbons (Fsp3) is 0.375. The maximum Gasteiger partial charge on any atom is 0.237 e. The number of amides is 1. The third-order valence-corrected chi connectivity index (χ3v) is 4.26. The van der Waals surface area contributed by atoms with Crippen molar-refractivity contribution in [2.75, 3.05) is 6.54 Å². The molecule has 0 fully saturated rings. The largest absolute Gasteiger partial charge is 0.354 e. The quantitative estimate of drug-likeness (QED) is 0.821. The van der Waals surface area contributed by atoms with Gasteiger partial charge in [-0.3, -0.25) is 4.79 Å². The minimum absolute atomic E-state index is 0.107. The minimum Gasteiger partial charge on any atom is -0.354 e.